The van der Waals surface area contributed by atoms with Gasteiger partial charge in [0.25, 0.3) is 0 Å². The summed E-state index contributed by atoms with van der Waals surface area (Å²) >= 11 is 0. The van der Waals surface area contributed by atoms with E-state index in [0.29, 0.717) is 11.7 Å². The summed E-state index contributed by atoms with van der Waals surface area (Å²) in [5.41, 5.74) is 2.76. The van der Waals surface area contributed by atoms with Crippen molar-refractivity contribution in [3.8, 4) is 23.2 Å². The molecule has 2 aromatic heterocycles. The van der Waals surface area contributed by atoms with E-state index in [9.17, 15) is 0 Å². The first-order chi connectivity index (χ1) is 11.3. The quantitative estimate of drug-likeness (QED) is 0.685. The van der Waals surface area contributed by atoms with Gasteiger partial charge in [0.05, 0.1) is 0 Å². The molecule has 1 aromatic carbocycles. The fraction of sp³-hybridized carbons (Fsp3) is 0.211. The van der Waals surface area contributed by atoms with Gasteiger partial charge in [-0.25, -0.2) is 0 Å². The molecule has 1 unspecified atom stereocenters. The third-order valence-corrected chi connectivity index (χ3v) is 3.63. The molecule has 0 radical (unpaired) electrons. The third-order valence-electron chi connectivity index (χ3n) is 3.63. The number of rotatable bonds is 3. The molecule has 0 fully saturated rings. The second kappa shape index (κ2) is 6.89. The van der Waals surface area contributed by atoms with E-state index < -0.39 is 0 Å². The summed E-state index contributed by atoms with van der Waals surface area (Å²) in [7, 11) is 0. The van der Waals surface area contributed by atoms with Gasteiger partial charge in [0.2, 0.25) is 11.7 Å². The van der Waals surface area contributed by atoms with Crippen LogP contribution in [0.3, 0.4) is 0 Å². The maximum absolute atomic E-state index is 5.31. The van der Waals surface area contributed by atoms with Crippen molar-refractivity contribution >= 4 is 0 Å². The number of benzene rings is 1. The molecule has 3 rings (SSSR count). The molecule has 0 spiro atoms. The molecule has 1 atom stereocenters. The zero-order chi connectivity index (χ0) is 16.1. The van der Waals surface area contributed by atoms with Gasteiger partial charge in [0.15, 0.2) is 0 Å². The smallest absolute Gasteiger partial charge is 0.229 e. The van der Waals surface area contributed by atoms with Crippen molar-refractivity contribution in [3.05, 3.63) is 65.8 Å². The lowest BCUT2D eigenvalue weighted by atomic mass is 10.1. The molecular weight excluding hydrogens is 286 g/mol. The summed E-state index contributed by atoms with van der Waals surface area (Å²) in [5.74, 6) is 7.78. The van der Waals surface area contributed by atoms with E-state index in [-0.39, 0.29) is 5.92 Å². The Morgan fingerprint density at radius 3 is 2.57 bits per heavy atom. The maximum atomic E-state index is 5.31. The Morgan fingerprint density at radius 2 is 1.87 bits per heavy atom. The lowest BCUT2D eigenvalue weighted by Crippen LogP contribution is -1.91. The van der Waals surface area contributed by atoms with Crippen molar-refractivity contribution in [3.63, 3.8) is 0 Å². The highest BCUT2D eigenvalue weighted by molar-refractivity contribution is 5.56. The van der Waals surface area contributed by atoms with E-state index in [0.717, 1.165) is 23.1 Å². The lowest BCUT2D eigenvalue weighted by molar-refractivity contribution is 0.357. The molecule has 4 heteroatoms. The van der Waals surface area contributed by atoms with E-state index >= 15 is 0 Å². The highest BCUT2D eigenvalue weighted by Gasteiger charge is 2.13. The predicted octanol–water partition coefficient (Wildman–Crippen LogP) is 4.04. The number of hydrogen-bond donors (Lipinski definition) is 0. The molecule has 23 heavy (non-hydrogen) atoms. The average molecular weight is 303 g/mol. The molecule has 3 aromatic rings. The van der Waals surface area contributed by atoms with Crippen LogP contribution in [0, 0.1) is 11.8 Å². The summed E-state index contributed by atoms with van der Waals surface area (Å²) in [6.07, 6.45) is 4.46. The fourth-order valence-electron chi connectivity index (χ4n) is 2.01. The number of nitrogens with zero attached hydrogens (tertiary/aromatic N) is 3. The summed E-state index contributed by atoms with van der Waals surface area (Å²) in [5, 5.41) is 4.05. The van der Waals surface area contributed by atoms with Gasteiger partial charge in [-0.05, 0) is 42.8 Å². The summed E-state index contributed by atoms with van der Waals surface area (Å²) in [4.78, 5) is 8.50. The highest BCUT2D eigenvalue weighted by atomic mass is 16.5. The molecule has 2 heterocycles. The van der Waals surface area contributed by atoms with Gasteiger partial charge in [-0.1, -0.05) is 30.8 Å². The Balaban J connectivity index is 1.77. The van der Waals surface area contributed by atoms with Crippen molar-refractivity contribution in [1.29, 1.82) is 0 Å². The molecule has 0 saturated carbocycles. The summed E-state index contributed by atoms with van der Waals surface area (Å²) in [6, 6.07) is 11.6. The molecule has 0 aliphatic heterocycles. The molecule has 0 amide bonds. The largest absolute Gasteiger partial charge is 0.339 e. The first-order valence-electron chi connectivity index (χ1n) is 7.62. The number of pyridine rings is 1. The van der Waals surface area contributed by atoms with Gasteiger partial charge < -0.3 is 4.52 Å². The standard InChI is InChI=1S/C19H17N3O/c1-3-14(2)19-21-18(22-23-19)17-10-8-15(9-11-17)6-7-16-5-4-12-20-13-16/h4-5,8-14H,3H2,1-2H3. The summed E-state index contributed by atoms with van der Waals surface area (Å²) < 4.78 is 5.31. The van der Waals surface area contributed by atoms with Crippen molar-refractivity contribution in [2.24, 2.45) is 0 Å². The zero-order valence-electron chi connectivity index (χ0n) is 13.2. The van der Waals surface area contributed by atoms with E-state index in [2.05, 4.69) is 40.8 Å². The minimum atomic E-state index is 0.279. The van der Waals surface area contributed by atoms with Crippen LogP contribution in [0.25, 0.3) is 11.4 Å². The maximum Gasteiger partial charge on any atom is 0.229 e. The van der Waals surface area contributed by atoms with Gasteiger partial charge in [-0.2, -0.15) is 4.98 Å². The normalized spacial score (nSPS) is 11.6. The van der Waals surface area contributed by atoms with Crippen LogP contribution in [0.15, 0.2) is 53.3 Å². The van der Waals surface area contributed by atoms with Crippen LogP contribution < -0.4 is 0 Å². The third kappa shape index (κ3) is 3.64. The lowest BCUT2D eigenvalue weighted by Gasteiger charge is -1.98. The first-order valence-corrected chi connectivity index (χ1v) is 7.62. The zero-order valence-corrected chi connectivity index (χ0v) is 13.2. The Kier molecular flexibility index (Phi) is 4.49. The molecule has 0 bridgehead atoms. The molecule has 0 saturated heterocycles. The topological polar surface area (TPSA) is 51.8 Å². The molecule has 0 N–H and O–H groups in total. The predicted molar refractivity (Wildman–Crippen MR) is 88.7 cm³/mol. The van der Waals surface area contributed by atoms with Gasteiger partial charge in [-0.3, -0.25) is 4.98 Å². The minimum Gasteiger partial charge on any atom is -0.339 e. The Labute approximate surface area is 135 Å². The van der Waals surface area contributed by atoms with E-state index in [1.807, 2.05) is 36.4 Å². The van der Waals surface area contributed by atoms with Crippen LogP contribution in [0.2, 0.25) is 0 Å². The van der Waals surface area contributed by atoms with Crippen molar-refractivity contribution in [1.82, 2.24) is 15.1 Å². The Morgan fingerprint density at radius 1 is 1.09 bits per heavy atom. The van der Waals surface area contributed by atoms with Crippen LogP contribution in [0.5, 0.6) is 0 Å². The second-order valence-corrected chi connectivity index (χ2v) is 5.33. The fourth-order valence-corrected chi connectivity index (χ4v) is 2.01. The van der Waals surface area contributed by atoms with E-state index in [1.165, 1.54) is 0 Å². The summed E-state index contributed by atoms with van der Waals surface area (Å²) in [6.45, 7) is 4.18. The SMILES string of the molecule is CCC(C)c1nc(-c2ccc(C#Cc3cccnc3)cc2)no1. The molecule has 114 valence electrons. The van der Waals surface area contributed by atoms with Crippen LogP contribution in [-0.4, -0.2) is 15.1 Å². The number of hydrogen-bond acceptors (Lipinski definition) is 4. The first kappa shape index (κ1) is 15.0. The van der Waals surface area contributed by atoms with Crippen molar-refractivity contribution < 1.29 is 4.52 Å². The molecule has 4 nitrogen and oxygen atoms in total. The minimum absolute atomic E-state index is 0.279. The van der Waals surface area contributed by atoms with E-state index in [4.69, 9.17) is 4.52 Å². The molecule has 0 aliphatic carbocycles. The Bertz CT molecular complexity index is 826. The van der Waals surface area contributed by atoms with Crippen molar-refractivity contribution in [2.75, 3.05) is 0 Å². The van der Waals surface area contributed by atoms with Gasteiger partial charge in [0, 0.05) is 35.0 Å². The van der Waals surface area contributed by atoms with E-state index in [1.54, 1.807) is 12.4 Å². The molecule has 0 aliphatic rings. The highest BCUT2D eigenvalue weighted by Crippen LogP contribution is 2.21. The van der Waals surface area contributed by atoms with Crippen molar-refractivity contribution in [2.45, 2.75) is 26.2 Å². The van der Waals surface area contributed by atoms with Gasteiger partial charge in [0.1, 0.15) is 0 Å². The monoisotopic (exact) mass is 303 g/mol. The second-order valence-electron chi connectivity index (χ2n) is 5.33. The Hall–Kier alpha value is -2.93. The van der Waals surface area contributed by atoms with Gasteiger partial charge >= 0.3 is 0 Å². The van der Waals surface area contributed by atoms with Crippen LogP contribution in [0.1, 0.15) is 43.2 Å². The molecular formula is C19H17N3O. The van der Waals surface area contributed by atoms with Crippen LogP contribution in [-0.2, 0) is 0 Å². The average Bonchev–Trinajstić information content (AvgIpc) is 3.11. The van der Waals surface area contributed by atoms with Crippen LogP contribution >= 0.6 is 0 Å². The van der Waals surface area contributed by atoms with Crippen LogP contribution in [0.4, 0.5) is 0 Å². The van der Waals surface area contributed by atoms with Gasteiger partial charge in [-0.15, -0.1) is 0 Å². The number of aromatic nitrogens is 3.